The maximum Gasteiger partial charge on any atom is 0.224 e. The summed E-state index contributed by atoms with van der Waals surface area (Å²) in [5, 5.41) is 2.73. The summed E-state index contributed by atoms with van der Waals surface area (Å²) in [5.41, 5.74) is 11.5. The Bertz CT molecular complexity index is 471. The molecule has 20 heavy (non-hydrogen) atoms. The monoisotopic (exact) mass is 277 g/mol. The van der Waals surface area contributed by atoms with Crippen molar-refractivity contribution in [2.24, 2.45) is 22.8 Å². The summed E-state index contributed by atoms with van der Waals surface area (Å²) in [6.45, 7) is 5.35. The van der Waals surface area contributed by atoms with E-state index >= 15 is 0 Å². The number of hydrogen-bond donors (Lipinski definition) is 3. The van der Waals surface area contributed by atoms with Crippen LogP contribution in [0.3, 0.4) is 0 Å². The second kappa shape index (κ2) is 6.52. The van der Waals surface area contributed by atoms with Crippen LogP contribution in [-0.2, 0) is 9.59 Å². The Kier molecular flexibility index (Phi) is 5.27. The zero-order valence-electron chi connectivity index (χ0n) is 12.2. The molecule has 1 rings (SSSR count). The van der Waals surface area contributed by atoms with Crippen molar-refractivity contribution in [2.45, 2.75) is 26.8 Å². The third kappa shape index (κ3) is 4.06. The molecule has 1 aromatic rings. The summed E-state index contributed by atoms with van der Waals surface area (Å²) in [4.78, 5) is 23.3. The minimum atomic E-state index is -0.772. The quantitative estimate of drug-likeness (QED) is 0.722. The molecule has 0 saturated heterocycles. The zero-order chi connectivity index (χ0) is 15.3. The second-order valence-electron chi connectivity index (χ2n) is 5.69. The fourth-order valence-electron chi connectivity index (χ4n) is 1.68. The van der Waals surface area contributed by atoms with Crippen LogP contribution in [-0.4, -0.2) is 18.4 Å². The minimum absolute atomic E-state index is 0.185. The number of carbonyl (C=O) groups is 2. The van der Waals surface area contributed by atoms with Gasteiger partial charge in [0, 0.05) is 12.6 Å². The van der Waals surface area contributed by atoms with Crippen molar-refractivity contribution in [1.82, 2.24) is 5.32 Å². The average Bonchev–Trinajstić information content (AvgIpc) is 2.44. The van der Waals surface area contributed by atoms with E-state index in [1.807, 2.05) is 30.3 Å². The van der Waals surface area contributed by atoms with Gasteiger partial charge >= 0.3 is 0 Å². The van der Waals surface area contributed by atoms with Gasteiger partial charge in [0.15, 0.2) is 0 Å². The van der Waals surface area contributed by atoms with Crippen molar-refractivity contribution in [2.75, 3.05) is 6.54 Å². The van der Waals surface area contributed by atoms with Crippen LogP contribution in [0.2, 0.25) is 0 Å². The van der Waals surface area contributed by atoms with E-state index in [0.29, 0.717) is 0 Å². The second-order valence-corrected chi connectivity index (χ2v) is 5.69. The Morgan fingerprint density at radius 3 is 2.30 bits per heavy atom. The first-order valence-electron chi connectivity index (χ1n) is 6.64. The van der Waals surface area contributed by atoms with E-state index in [-0.39, 0.29) is 24.4 Å². The van der Waals surface area contributed by atoms with Crippen LogP contribution in [0.25, 0.3) is 0 Å². The highest BCUT2D eigenvalue weighted by Gasteiger charge is 2.28. The van der Waals surface area contributed by atoms with E-state index in [0.717, 1.165) is 5.56 Å². The normalized spacial score (nSPS) is 14.4. The van der Waals surface area contributed by atoms with E-state index in [4.69, 9.17) is 11.5 Å². The molecule has 2 amide bonds. The van der Waals surface area contributed by atoms with Gasteiger partial charge in [-0.3, -0.25) is 9.59 Å². The first-order valence-corrected chi connectivity index (χ1v) is 6.64. The van der Waals surface area contributed by atoms with Crippen molar-refractivity contribution in [3.8, 4) is 0 Å². The molecule has 2 atom stereocenters. The van der Waals surface area contributed by atoms with Gasteiger partial charge in [-0.25, -0.2) is 0 Å². The molecule has 0 aromatic heterocycles. The first kappa shape index (κ1) is 16.2. The Hall–Kier alpha value is -1.88. The topological polar surface area (TPSA) is 98.2 Å². The number of nitrogens with one attached hydrogen (secondary N) is 1. The predicted octanol–water partition coefficient (Wildman–Crippen LogP) is 0.950. The maximum atomic E-state index is 12.1. The summed E-state index contributed by atoms with van der Waals surface area (Å²) >= 11 is 0. The summed E-state index contributed by atoms with van der Waals surface area (Å²) in [7, 11) is 0. The van der Waals surface area contributed by atoms with Crippen LogP contribution >= 0.6 is 0 Å². The molecule has 110 valence electrons. The number of nitrogens with two attached hydrogens (primary N) is 2. The van der Waals surface area contributed by atoms with Crippen LogP contribution in [0.1, 0.15) is 32.4 Å². The van der Waals surface area contributed by atoms with Gasteiger partial charge in [-0.1, -0.05) is 37.3 Å². The third-order valence-electron chi connectivity index (χ3n) is 3.51. The molecular weight excluding hydrogens is 254 g/mol. The van der Waals surface area contributed by atoms with Crippen LogP contribution in [0.4, 0.5) is 0 Å². The summed E-state index contributed by atoms with van der Waals surface area (Å²) in [6, 6.07) is 9.07. The van der Waals surface area contributed by atoms with E-state index in [9.17, 15) is 9.59 Å². The molecule has 0 spiro atoms. The molecule has 5 nitrogen and oxygen atoms in total. The Morgan fingerprint density at radius 1 is 1.25 bits per heavy atom. The van der Waals surface area contributed by atoms with E-state index in [1.54, 1.807) is 20.8 Å². The SMILES string of the molecule is CC(C(=O)NCC(C)(C)C(N)=O)C(N)c1ccccc1. The maximum absolute atomic E-state index is 12.1. The number of benzene rings is 1. The Balaban J connectivity index is 2.62. The highest BCUT2D eigenvalue weighted by atomic mass is 16.2. The van der Waals surface area contributed by atoms with E-state index in [1.165, 1.54) is 0 Å². The smallest absolute Gasteiger partial charge is 0.224 e. The lowest BCUT2D eigenvalue weighted by molar-refractivity contribution is -0.128. The van der Waals surface area contributed by atoms with Crippen LogP contribution in [0.15, 0.2) is 30.3 Å². The third-order valence-corrected chi connectivity index (χ3v) is 3.51. The van der Waals surface area contributed by atoms with Crippen molar-refractivity contribution in [1.29, 1.82) is 0 Å². The molecule has 0 aliphatic rings. The fourth-order valence-corrected chi connectivity index (χ4v) is 1.68. The molecule has 0 aliphatic carbocycles. The molecule has 5 heteroatoms. The molecule has 0 radical (unpaired) electrons. The molecule has 0 fully saturated rings. The van der Waals surface area contributed by atoms with Crippen molar-refractivity contribution in [3.05, 3.63) is 35.9 Å². The molecule has 1 aromatic carbocycles. The number of hydrogen-bond acceptors (Lipinski definition) is 3. The number of amides is 2. The van der Waals surface area contributed by atoms with Crippen molar-refractivity contribution < 1.29 is 9.59 Å². The van der Waals surface area contributed by atoms with Gasteiger partial charge in [-0.05, 0) is 19.4 Å². The first-order chi connectivity index (χ1) is 9.25. The standard InChI is InChI=1S/C15H23N3O2/c1-10(12(16)11-7-5-4-6-8-11)13(19)18-9-15(2,3)14(17)20/h4-8,10,12H,9,16H2,1-3H3,(H2,17,20)(H,18,19). The predicted molar refractivity (Wildman–Crippen MR) is 78.5 cm³/mol. The Morgan fingerprint density at radius 2 is 1.80 bits per heavy atom. The van der Waals surface area contributed by atoms with Crippen molar-refractivity contribution >= 4 is 11.8 Å². The Labute approximate surface area is 119 Å². The lowest BCUT2D eigenvalue weighted by Crippen LogP contribution is -2.45. The molecule has 0 aliphatic heterocycles. The van der Waals surface area contributed by atoms with Gasteiger partial charge < -0.3 is 16.8 Å². The van der Waals surface area contributed by atoms with Gasteiger partial charge in [0.25, 0.3) is 0 Å². The fraction of sp³-hybridized carbons (Fsp3) is 0.467. The number of carbonyl (C=O) groups excluding carboxylic acids is 2. The molecular formula is C15H23N3O2. The van der Waals surface area contributed by atoms with Crippen molar-refractivity contribution in [3.63, 3.8) is 0 Å². The van der Waals surface area contributed by atoms with E-state index in [2.05, 4.69) is 5.32 Å². The summed E-state index contributed by atoms with van der Waals surface area (Å²) in [6.07, 6.45) is 0. The highest BCUT2D eigenvalue weighted by Crippen LogP contribution is 2.19. The molecule has 0 saturated carbocycles. The number of rotatable bonds is 6. The lowest BCUT2D eigenvalue weighted by atomic mass is 9.91. The van der Waals surface area contributed by atoms with Gasteiger partial charge in [0.1, 0.15) is 0 Å². The van der Waals surface area contributed by atoms with Gasteiger partial charge in [-0.15, -0.1) is 0 Å². The molecule has 0 heterocycles. The largest absolute Gasteiger partial charge is 0.369 e. The summed E-state index contributed by atoms with van der Waals surface area (Å²) < 4.78 is 0. The number of primary amides is 1. The minimum Gasteiger partial charge on any atom is -0.369 e. The van der Waals surface area contributed by atoms with Gasteiger partial charge in [0.05, 0.1) is 11.3 Å². The van der Waals surface area contributed by atoms with Crippen LogP contribution < -0.4 is 16.8 Å². The molecule has 5 N–H and O–H groups in total. The highest BCUT2D eigenvalue weighted by molar-refractivity contribution is 5.83. The van der Waals surface area contributed by atoms with Crippen LogP contribution in [0, 0.1) is 11.3 Å². The van der Waals surface area contributed by atoms with E-state index < -0.39 is 11.3 Å². The van der Waals surface area contributed by atoms with Gasteiger partial charge in [-0.2, -0.15) is 0 Å². The average molecular weight is 277 g/mol. The van der Waals surface area contributed by atoms with Crippen LogP contribution in [0.5, 0.6) is 0 Å². The molecule has 2 unspecified atom stereocenters. The lowest BCUT2D eigenvalue weighted by Gasteiger charge is -2.24. The van der Waals surface area contributed by atoms with Gasteiger partial charge in [0.2, 0.25) is 11.8 Å². The zero-order valence-corrected chi connectivity index (χ0v) is 12.2. The molecule has 0 bridgehead atoms. The summed E-state index contributed by atoms with van der Waals surface area (Å²) in [5.74, 6) is -1.02.